The molecule has 8 heteroatoms. The number of imide groups is 2. The van der Waals surface area contributed by atoms with Crippen LogP contribution in [0.5, 0.6) is 0 Å². The molecule has 0 bridgehead atoms. The first kappa shape index (κ1) is 26.1. The molecule has 1 fully saturated rings. The zero-order chi connectivity index (χ0) is 27.5. The molecule has 4 amide bonds. The summed E-state index contributed by atoms with van der Waals surface area (Å²) in [6.07, 6.45) is 2.11. The number of barbiturate groups is 1. The number of halogens is 1. The Hall–Kier alpha value is -4.56. The molecule has 0 saturated carbocycles. The van der Waals surface area contributed by atoms with Gasteiger partial charge in [0.2, 0.25) is 0 Å². The maximum absolute atomic E-state index is 13.6. The number of hydrogen-bond acceptors (Lipinski definition) is 5. The Morgan fingerprint density at radius 1 is 0.897 bits per heavy atom. The van der Waals surface area contributed by atoms with Crippen molar-refractivity contribution in [1.82, 2.24) is 5.32 Å². The monoisotopic (exact) mass is 582 g/mol. The van der Waals surface area contributed by atoms with E-state index in [1.54, 1.807) is 13.0 Å². The largest absolute Gasteiger partial charge is 0.462 e. The fourth-order valence-electron chi connectivity index (χ4n) is 4.51. The summed E-state index contributed by atoms with van der Waals surface area (Å²) < 4.78 is 5.94. The van der Waals surface area contributed by atoms with E-state index in [1.165, 1.54) is 24.3 Å². The van der Waals surface area contributed by atoms with Crippen LogP contribution in [0.4, 0.5) is 10.5 Å². The van der Waals surface area contributed by atoms with Crippen LogP contribution in [0.3, 0.4) is 0 Å². The van der Waals surface area contributed by atoms with Crippen molar-refractivity contribution in [1.29, 1.82) is 0 Å². The highest BCUT2D eigenvalue weighted by molar-refractivity contribution is 9.10. The van der Waals surface area contributed by atoms with Crippen molar-refractivity contribution in [2.75, 3.05) is 11.5 Å². The molecule has 4 aromatic rings. The van der Waals surface area contributed by atoms with E-state index in [2.05, 4.69) is 21.2 Å². The number of carbonyl (C=O) groups excluding carboxylic acids is 4. The topological polar surface area (TPSA) is 92.8 Å². The number of benzene rings is 4. The molecule has 1 saturated heterocycles. The molecular weight excluding hydrogens is 560 g/mol. The van der Waals surface area contributed by atoms with Gasteiger partial charge in [-0.15, -0.1) is 0 Å². The van der Waals surface area contributed by atoms with Crippen molar-refractivity contribution in [3.63, 3.8) is 0 Å². The summed E-state index contributed by atoms with van der Waals surface area (Å²) in [7, 11) is 0. The van der Waals surface area contributed by atoms with Gasteiger partial charge in [0, 0.05) is 4.47 Å². The van der Waals surface area contributed by atoms with Gasteiger partial charge in [-0.05, 0) is 77.2 Å². The molecule has 0 spiro atoms. The predicted octanol–water partition coefficient (Wildman–Crippen LogP) is 6.04. The SMILES string of the molecule is CCOC(=O)c1ccc(N2C(=O)NC(=O)/C(=C\c3c(Cc4ccccc4Br)ccc4ccccc34)C2=O)cc1. The second kappa shape index (κ2) is 11.0. The number of amides is 4. The first-order chi connectivity index (χ1) is 18.9. The lowest BCUT2D eigenvalue weighted by Crippen LogP contribution is -2.54. The van der Waals surface area contributed by atoms with Gasteiger partial charge in [0.1, 0.15) is 5.57 Å². The third-order valence-corrected chi connectivity index (χ3v) is 7.20. The summed E-state index contributed by atoms with van der Waals surface area (Å²) in [5, 5.41) is 4.10. The fourth-order valence-corrected chi connectivity index (χ4v) is 4.93. The molecule has 1 aliphatic rings. The Morgan fingerprint density at radius 2 is 1.62 bits per heavy atom. The van der Waals surface area contributed by atoms with Crippen molar-refractivity contribution in [3.8, 4) is 0 Å². The van der Waals surface area contributed by atoms with Crippen molar-refractivity contribution in [3.05, 3.63) is 117 Å². The van der Waals surface area contributed by atoms with Gasteiger partial charge in [-0.1, -0.05) is 70.5 Å². The number of anilines is 1. The number of esters is 1. The second-order valence-electron chi connectivity index (χ2n) is 8.85. The molecule has 0 unspecified atom stereocenters. The number of carbonyl (C=O) groups is 4. The van der Waals surface area contributed by atoms with E-state index < -0.39 is 23.8 Å². The minimum atomic E-state index is -0.864. The average molecular weight is 583 g/mol. The molecule has 4 aromatic carbocycles. The number of ether oxygens (including phenoxy) is 1. The quantitative estimate of drug-likeness (QED) is 0.170. The Labute approximate surface area is 233 Å². The zero-order valence-electron chi connectivity index (χ0n) is 20.9. The normalized spacial score (nSPS) is 14.6. The highest BCUT2D eigenvalue weighted by Gasteiger charge is 2.37. The first-order valence-electron chi connectivity index (χ1n) is 12.3. The first-order valence-corrected chi connectivity index (χ1v) is 13.1. The van der Waals surface area contributed by atoms with Crippen LogP contribution in [0.2, 0.25) is 0 Å². The van der Waals surface area contributed by atoms with Crippen molar-refractivity contribution in [2.24, 2.45) is 0 Å². The fraction of sp³-hybridized carbons (Fsp3) is 0.0968. The number of hydrogen-bond donors (Lipinski definition) is 1. The summed E-state index contributed by atoms with van der Waals surface area (Å²) in [5.74, 6) is -2.04. The molecule has 0 aromatic heterocycles. The van der Waals surface area contributed by atoms with E-state index in [1.807, 2.05) is 60.7 Å². The molecule has 0 atom stereocenters. The second-order valence-corrected chi connectivity index (χ2v) is 9.71. The average Bonchev–Trinajstić information content (AvgIpc) is 2.93. The van der Waals surface area contributed by atoms with Crippen LogP contribution in [-0.4, -0.2) is 30.4 Å². The third kappa shape index (κ3) is 5.24. The number of nitrogens with zero attached hydrogens (tertiary/aromatic N) is 1. The molecule has 0 aliphatic carbocycles. The van der Waals surface area contributed by atoms with Gasteiger partial charge in [0.05, 0.1) is 17.9 Å². The number of fused-ring (bicyclic) bond motifs is 1. The van der Waals surface area contributed by atoms with Crippen LogP contribution in [-0.2, 0) is 20.7 Å². The maximum Gasteiger partial charge on any atom is 0.338 e. The summed E-state index contributed by atoms with van der Waals surface area (Å²) in [5.41, 5.74) is 3.00. The molecule has 39 heavy (non-hydrogen) atoms. The van der Waals surface area contributed by atoms with Gasteiger partial charge >= 0.3 is 12.0 Å². The van der Waals surface area contributed by atoms with Crippen molar-refractivity contribution >= 4 is 62.3 Å². The van der Waals surface area contributed by atoms with E-state index in [4.69, 9.17) is 4.74 Å². The Balaban J connectivity index is 1.58. The molecule has 7 nitrogen and oxygen atoms in total. The van der Waals surface area contributed by atoms with Crippen LogP contribution in [0.1, 0.15) is 34.0 Å². The van der Waals surface area contributed by atoms with Gasteiger partial charge < -0.3 is 4.74 Å². The van der Waals surface area contributed by atoms with Gasteiger partial charge in [-0.2, -0.15) is 0 Å². The van der Waals surface area contributed by atoms with E-state index in [9.17, 15) is 19.2 Å². The number of rotatable bonds is 6. The molecule has 194 valence electrons. The molecule has 1 aliphatic heterocycles. The molecule has 1 N–H and O–H groups in total. The van der Waals surface area contributed by atoms with Gasteiger partial charge in [-0.3, -0.25) is 14.9 Å². The Morgan fingerprint density at radius 3 is 2.36 bits per heavy atom. The van der Waals surface area contributed by atoms with E-state index >= 15 is 0 Å². The smallest absolute Gasteiger partial charge is 0.338 e. The summed E-state index contributed by atoms with van der Waals surface area (Å²) in [6, 6.07) is 24.6. The highest BCUT2D eigenvalue weighted by atomic mass is 79.9. The van der Waals surface area contributed by atoms with Crippen LogP contribution in [0, 0.1) is 0 Å². The van der Waals surface area contributed by atoms with Crippen LogP contribution < -0.4 is 10.2 Å². The van der Waals surface area contributed by atoms with Crippen molar-refractivity contribution < 1.29 is 23.9 Å². The van der Waals surface area contributed by atoms with Gasteiger partial charge in [-0.25, -0.2) is 14.5 Å². The standard InChI is InChI=1S/C31H23BrN2O5/c1-2-39-30(37)20-13-15-23(16-14-20)34-29(36)26(28(35)33-31(34)38)18-25-21(17-22-8-4-6-10-27(22)32)12-11-19-7-3-5-9-24(19)25/h3-16,18H,2,17H2,1H3,(H,33,35,38)/b26-18+. The lowest BCUT2D eigenvalue weighted by molar-refractivity contribution is -0.122. The minimum absolute atomic E-state index is 0.172. The van der Waals surface area contributed by atoms with E-state index in [-0.39, 0.29) is 23.4 Å². The Bertz CT molecular complexity index is 1660. The maximum atomic E-state index is 13.6. The highest BCUT2D eigenvalue weighted by Crippen LogP contribution is 2.30. The zero-order valence-corrected chi connectivity index (χ0v) is 22.5. The number of urea groups is 1. The molecule has 0 radical (unpaired) electrons. The van der Waals surface area contributed by atoms with Gasteiger partial charge in [0.15, 0.2) is 0 Å². The molecule has 1 heterocycles. The lowest BCUT2D eigenvalue weighted by Gasteiger charge is -2.26. The Kier molecular flexibility index (Phi) is 7.38. The van der Waals surface area contributed by atoms with E-state index in [0.717, 1.165) is 31.3 Å². The van der Waals surface area contributed by atoms with Gasteiger partial charge in [0.25, 0.3) is 11.8 Å². The summed E-state index contributed by atoms with van der Waals surface area (Å²) in [6.45, 7) is 1.93. The van der Waals surface area contributed by atoms with Crippen LogP contribution >= 0.6 is 15.9 Å². The van der Waals surface area contributed by atoms with Crippen molar-refractivity contribution in [2.45, 2.75) is 13.3 Å². The molecular formula is C31H23BrN2O5. The number of nitrogens with one attached hydrogen (secondary N) is 1. The summed E-state index contributed by atoms with van der Waals surface area (Å²) >= 11 is 3.60. The lowest BCUT2D eigenvalue weighted by atomic mass is 9.92. The predicted molar refractivity (Wildman–Crippen MR) is 152 cm³/mol. The third-order valence-electron chi connectivity index (χ3n) is 6.43. The van der Waals surface area contributed by atoms with Crippen LogP contribution in [0.15, 0.2) is 95.0 Å². The van der Waals surface area contributed by atoms with Crippen LogP contribution in [0.25, 0.3) is 16.8 Å². The van der Waals surface area contributed by atoms with E-state index in [0.29, 0.717) is 12.0 Å². The summed E-state index contributed by atoms with van der Waals surface area (Å²) in [4.78, 5) is 52.2. The minimum Gasteiger partial charge on any atom is -0.462 e. The molecule has 5 rings (SSSR count).